The Morgan fingerprint density at radius 2 is 1.50 bits per heavy atom. The Hall–Kier alpha value is -2.84. The van der Waals surface area contributed by atoms with Crippen molar-refractivity contribution in [2.45, 2.75) is 56.9 Å². The van der Waals surface area contributed by atoms with Crippen LogP contribution in [0.15, 0.2) is 55.0 Å². The number of aliphatic hydroxyl groups excluding tert-OH is 4. The van der Waals surface area contributed by atoms with Gasteiger partial charge in [-0.05, 0) is 31.3 Å². The Morgan fingerprint density at radius 3 is 2.11 bits per heavy atom. The van der Waals surface area contributed by atoms with E-state index in [4.69, 9.17) is 4.74 Å². The van der Waals surface area contributed by atoms with Crippen molar-refractivity contribution < 1.29 is 25.2 Å². The first-order valence-corrected chi connectivity index (χ1v) is 11.9. The molecular weight excluding hydrogens is 466 g/mol. The van der Waals surface area contributed by atoms with Crippen LogP contribution in [0.5, 0.6) is 0 Å². The van der Waals surface area contributed by atoms with Crippen LogP contribution in [-0.2, 0) is 30.9 Å². The van der Waals surface area contributed by atoms with E-state index < -0.39 is 30.7 Å². The number of hydrogen-bond donors (Lipinski definition) is 4. The third-order valence-electron chi connectivity index (χ3n) is 6.09. The molecule has 0 bridgehead atoms. The molecule has 0 amide bonds. The normalized spacial score (nSPS) is 24.5. The minimum atomic E-state index is -1.58. The molecule has 0 unspecified atom stereocenters. The lowest BCUT2D eigenvalue weighted by molar-refractivity contribution is -0.284. The van der Waals surface area contributed by atoms with Crippen molar-refractivity contribution in [3.63, 3.8) is 0 Å². The second-order valence-electron chi connectivity index (χ2n) is 9.06. The van der Waals surface area contributed by atoms with Gasteiger partial charge in [0.1, 0.15) is 24.4 Å². The molecule has 12 heteroatoms. The fourth-order valence-corrected chi connectivity index (χ4v) is 4.09. The number of rotatable bonds is 11. The van der Waals surface area contributed by atoms with E-state index in [2.05, 4.69) is 30.1 Å². The number of hydrogen-bond acceptors (Lipinski definition) is 11. The van der Waals surface area contributed by atoms with Crippen LogP contribution in [0, 0.1) is 0 Å². The van der Waals surface area contributed by atoms with Gasteiger partial charge in [-0.2, -0.15) is 0 Å². The zero-order valence-electron chi connectivity index (χ0n) is 20.2. The van der Waals surface area contributed by atoms with E-state index in [0.29, 0.717) is 19.6 Å². The number of likely N-dealkylation sites (N-methyl/N-ethyl adjacent to an activating group) is 1. The Kier molecular flexibility index (Phi) is 9.04. The Labute approximate surface area is 209 Å². The number of nitrogens with zero attached hydrogens (tertiary/aromatic N) is 7. The second kappa shape index (κ2) is 12.4. The number of aromatic nitrogens is 5. The quantitative estimate of drug-likeness (QED) is 0.257. The third-order valence-corrected chi connectivity index (χ3v) is 6.09. The lowest BCUT2D eigenvalue weighted by Crippen LogP contribution is -2.58. The van der Waals surface area contributed by atoms with Gasteiger partial charge >= 0.3 is 0 Å². The minimum absolute atomic E-state index is 0.0701. The maximum absolute atomic E-state index is 10.1. The lowest BCUT2D eigenvalue weighted by Gasteiger charge is -2.38. The predicted octanol–water partition coefficient (Wildman–Crippen LogP) is -0.998. The zero-order chi connectivity index (χ0) is 25.5. The van der Waals surface area contributed by atoms with E-state index >= 15 is 0 Å². The van der Waals surface area contributed by atoms with Crippen LogP contribution in [0.25, 0.3) is 0 Å². The highest BCUT2D eigenvalue weighted by atomic mass is 16.6. The molecule has 1 aliphatic heterocycles. The molecule has 5 atom stereocenters. The summed E-state index contributed by atoms with van der Waals surface area (Å²) in [4.78, 5) is 13.3. The summed E-state index contributed by atoms with van der Waals surface area (Å²) in [6, 6.07) is 11.8. The number of ether oxygens (including phenoxy) is 1. The van der Waals surface area contributed by atoms with Gasteiger partial charge in [-0.3, -0.25) is 19.8 Å². The highest BCUT2D eigenvalue weighted by Crippen LogP contribution is 2.21. The summed E-state index contributed by atoms with van der Waals surface area (Å²) in [6.45, 7) is 3.60. The molecule has 0 aromatic carbocycles. The summed E-state index contributed by atoms with van der Waals surface area (Å²) in [7, 11) is 2.00. The number of pyridine rings is 2. The van der Waals surface area contributed by atoms with E-state index in [1.165, 1.54) is 4.68 Å². The molecule has 4 N–H and O–H groups in total. The predicted molar refractivity (Wildman–Crippen MR) is 128 cm³/mol. The van der Waals surface area contributed by atoms with Crippen LogP contribution in [0.3, 0.4) is 0 Å². The first-order valence-electron chi connectivity index (χ1n) is 11.9. The summed E-state index contributed by atoms with van der Waals surface area (Å²) < 4.78 is 6.71. The maximum atomic E-state index is 10.1. The van der Waals surface area contributed by atoms with E-state index in [1.54, 1.807) is 18.6 Å². The van der Waals surface area contributed by atoms with Gasteiger partial charge in [-0.25, -0.2) is 4.68 Å². The third kappa shape index (κ3) is 7.11. The smallest absolute Gasteiger partial charge is 0.184 e. The summed E-state index contributed by atoms with van der Waals surface area (Å²) in [5.74, 6) is 0. The van der Waals surface area contributed by atoms with Gasteiger partial charge in [-0.15, -0.1) is 5.10 Å². The number of aliphatic hydroxyl groups is 4. The molecule has 0 radical (unpaired) electrons. The fourth-order valence-electron chi connectivity index (χ4n) is 4.09. The van der Waals surface area contributed by atoms with Crippen LogP contribution in [0.4, 0.5) is 0 Å². The second-order valence-corrected chi connectivity index (χ2v) is 9.06. The Bertz CT molecular complexity index is 1020. The first kappa shape index (κ1) is 26.2. The molecule has 0 spiro atoms. The summed E-state index contributed by atoms with van der Waals surface area (Å²) in [6.07, 6.45) is -1.62. The summed E-state index contributed by atoms with van der Waals surface area (Å²) in [5, 5.41) is 47.6. The summed E-state index contributed by atoms with van der Waals surface area (Å²) >= 11 is 0. The molecule has 1 fully saturated rings. The van der Waals surface area contributed by atoms with Crippen LogP contribution >= 0.6 is 0 Å². The first-order chi connectivity index (χ1) is 17.4. The molecule has 4 heterocycles. The van der Waals surface area contributed by atoms with Crippen LogP contribution in [0.2, 0.25) is 0 Å². The minimum Gasteiger partial charge on any atom is -0.388 e. The van der Waals surface area contributed by atoms with Crippen LogP contribution in [-0.4, -0.2) is 106 Å². The van der Waals surface area contributed by atoms with Gasteiger partial charge < -0.3 is 25.2 Å². The van der Waals surface area contributed by atoms with E-state index in [9.17, 15) is 20.4 Å². The molecule has 194 valence electrons. The van der Waals surface area contributed by atoms with E-state index in [0.717, 1.165) is 30.2 Å². The van der Waals surface area contributed by atoms with Crippen molar-refractivity contribution in [1.82, 2.24) is 34.8 Å². The molecule has 0 saturated carbocycles. The molecule has 36 heavy (non-hydrogen) atoms. The molecule has 1 saturated heterocycles. The van der Waals surface area contributed by atoms with Gasteiger partial charge in [0, 0.05) is 51.3 Å². The van der Waals surface area contributed by atoms with Crippen molar-refractivity contribution in [1.29, 1.82) is 0 Å². The van der Waals surface area contributed by atoms with Gasteiger partial charge in [0.15, 0.2) is 6.29 Å². The highest BCUT2D eigenvalue weighted by molar-refractivity contribution is 5.06. The van der Waals surface area contributed by atoms with Crippen molar-refractivity contribution in [3.05, 3.63) is 72.1 Å². The largest absolute Gasteiger partial charge is 0.388 e. The lowest BCUT2D eigenvalue weighted by atomic mass is 9.99. The van der Waals surface area contributed by atoms with Gasteiger partial charge in [0.25, 0.3) is 0 Å². The maximum Gasteiger partial charge on any atom is 0.184 e. The topological polar surface area (TPSA) is 153 Å². The fraction of sp³-hybridized carbons (Fsp3) is 0.500. The Balaban J connectivity index is 1.30. The SMILES string of the molecule is CN(CCN(Cc1ccccn1)Cc1ccccn1)Cc1cn(C[C@H]2O[C@H](O)[C@H](O)[C@@H](O)[C@H]2O)nn1. The molecule has 0 aliphatic carbocycles. The summed E-state index contributed by atoms with van der Waals surface area (Å²) in [5.41, 5.74) is 2.72. The van der Waals surface area contributed by atoms with Crippen molar-refractivity contribution in [2.24, 2.45) is 0 Å². The standard InChI is InChI=1S/C24H33N7O5/c1-29(10-11-30(13-17-6-2-4-8-25-17)14-18-7-3-5-9-26-18)12-19-15-31(28-27-19)16-20-21(32)22(33)23(34)24(35)36-20/h2-9,15,20-24,32-35H,10-14,16H2,1H3/t20-,21+,22+,23-,24+/m1/s1. The van der Waals surface area contributed by atoms with Gasteiger partial charge in [0.05, 0.1) is 23.6 Å². The molecule has 1 aliphatic rings. The monoisotopic (exact) mass is 499 g/mol. The Morgan fingerprint density at radius 1 is 0.833 bits per heavy atom. The van der Waals surface area contributed by atoms with Gasteiger partial charge in [0.2, 0.25) is 0 Å². The van der Waals surface area contributed by atoms with E-state index in [1.807, 2.05) is 43.4 Å². The van der Waals surface area contributed by atoms with Crippen LogP contribution in [0.1, 0.15) is 17.1 Å². The van der Waals surface area contributed by atoms with Gasteiger partial charge in [-0.1, -0.05) is 17.3 Å². The van der Waals surface area contributed by atoms with Crippen molar-refractivity contribution in [2.75, 3.05) is 20.1 Å². The van der Waals surface area contributed by atoms with Crippen molar-refractivity contribution >= 4 is 0 Å². The average molecular weight is 500 g/mol. The average Bonchev–Trinajstić information content (AvgIpc) is 3.32. The zero-order valence-corrected chi connectivity index (χ0v) is 20.2. The molecule has 3 aromatic heterocycles. The molecule has 4 rings (SSSR count). The highest BCUT2D eigenvalue weighted by Gasteiger charge is 2.43. The molecule has 3 aromatic rings. The molecular formula is C24H33N7O5. The van der Waals surface area contributed by atoms with E-state index in [-0.39, 0.29) is 6.54 Å². The molecule has 12 nitrogen and oxygen atoms in total. The van der Waals surface area contributed by atoms with Crippen LogP contribution < -0.4 is 0 Å². The van der Waals surface area contributed by atoms with Crippen molar-refractivity contribution in [3.8, 4) is 0 Å².